The van der Waals surface area contributed by atoms with Crippen LogP contribution >= 0.6 is 0 Å². The number of carbonyl (C=O) groups is 2. The number of urea groups is 1. The molecule has 1 aliphatic carbocycles. The molecule has 1 aliphatic heterocycles. The van der Waals surface area contributed by atoms with Gasteiger partial charge in [0.1, 0.15) is 5.54 Å². The minimum absolute atomic E-state index is 0.0986. The molecule has 3 amide bonds. The number of nitrogens with zero attached hydrogens (tertiary/aromatic N) is 1. The predicted molar refractivity (Wildman–Crippen MR) is 93.6 cm³/mol. The largest absolute Gasteiger partial charge is 0.493 e. The fraction of sp³-hybridized carbons (Fsp3) is 0.579. The van der Waals surface area contributed by atoms with Crippen molar-refractivity contribution in [2.75, 3.05) is 13.7 Å². The SMILES string of the molecule is CCOc1cc(CN2C(=O)N[C@@]3(CCCC[C@H]3C)C2=O)ccc1OC. The predicted octanol–water partition coefficient (Wildman–Crippen LogP) is 3.09. The molecule has 1 spiro atoms. The van der Waals surface area contributed by atoms with Crippen LogP contribution in [0.15, 0.2) is 18.2 Å². The topological polar surface area (TPSA) is 67.9 Å². The van der Waals surface area contributed by atoms with Crippen molar-refractivity contribution in [3.63, 3.8) is 0 Å². The van der Waals surface area contributed by atoms with Gasteiger partial charge in [-0.2, -0.15) is 0 Å². The molecule has 1 saturated heterocycles. The Kier molecular flexibility index (Phi) is 4.88. The van der Waals surface area contributed by atoms with E-state index in [9.17, 15) is 9.59 Å². The molecule has 2 atom stereocenters. The van der Waals surface area contributed by atoms with Crippen LogP contribution in [-0.2, 0) is 11.3 Å². The van der Waals surface area contributed by atoms with Crippen LogP contribution in [0.1, 0.15) is 45.1 Å². The summed E-state index contributed by atoms with van der Waals surface area (Å²) in [4.78, 5) is 26.8. The summed E-state index contributed by atoms with van der Waals surface area (Å²) in [6.07, 6.45) is 3.78. The summed E-state index contributed by atoms with van der Waals surface area (Å²) in [5.41, 5.74) is 0.123. The summed E-state index contributed by atoms with van der Waals surface area (Å²) in [7, 11) is 1.59. The molecule has 0 radical (unpaired) electrons. The van der Waals surface area contributed by atoms with E-state index in [0.29, 0.717) is 18.1 Å². The Hall–Kier alpha value is -2.24. The minimum atomic E-state index is -0.718. The maximum absolute atomic E-state index is 13.0. The molecular weight excluding hydrogens is 320 g/mol. The monoisotopic (exact) mass is 346 g/mol. The lowest BCUT2D eigenvalue weighted by atomic mass is 9.73. The number of amides is 3. The Labute approximate surface area is 148 Å². The van der Waals surface area contributed by atoms with Gasteiger partial charge < -0.3 is 14.8 Å². The second-order valence-electron chi connectivity index (χ2n) is 6.86. The molecule has 1 saturated carbocycles. The molecule has 0 aromatic heterocycles. The lowest BCUT2D eigenvalue weighted by molar-refractivity contribution is -0.134. The fourth-order valence-electron chi connectivity index (χ4n) is 3.91. The number of hydrogen-bond acceptors (Lipinski definition) is 4. The molecule has 6 heteroatoms. The van der Waals surface area contributed by atoms with Crippen LogP contribution in [0.4, 0.5) is 4.79 Å². The second kappa shape index (κ2) is 6.94. The molecule has 136 valence electrons. The zero-order valence-electron chi connectivity index (χ0n) is 15.1. The fourth-order valence-corrected chi connectivity index (χ4v) is 3.91. The summed E-state index contributed by atoms with van der Waals surface area (Å²) in [5, 5.41) is 2.98. The zero-order chi connectivity index (χ0) is 18.0. The first-order valence-corrected chi connectivity index (χ1v) is 8.95. The van der Waals surface area contributed by atoms with Gasteiger partial charge in [-0.3, -0.25) is 9.69 Å². The third kappa shape index (κ3) is 3.05. The molecule has 25 heavy (non-hydrogen) atoms. The van der Waals surface area contributed by atoms with E-state index in [2.05, 4.69) is 12.2 Å². The standard InChI is InChI=1S/C19H26N2O4/c1-4-25-16-11-14(8-9-15(16)24-3)12-21-17(22)19(20-18(21)23)10-6-5-7-13(19)2/h8-9,11,13H,4-7,10,12H2,1-3H3,(H,20,23)/t13-,19-/m1/s1. The van der Waals surface area contributed by atoms with Crippen LogP contribution in [0, 0.1) is 5.92 Å². The highest BCUT2D eigenvalue weighted by molar-refractivity contribution is 6.07. The van der Waals surface area contributed by atoms with Gasteiger partial charge in [-0.1, -0.05) is 25.8 Å². The van der Waals surface area contributed by atoms with Crippen LogP contribution in [0.25, 0.3) is 0 Å². The lowest BCUT2D eigenvalue weighted by Gasteiger charge is -2.36. The van der Waals surface area contributed by atoms with Crippen LogP contribution < -0.4 is 14.8 Å². The van der Waals surface area contributed by atoms with Crippen molar-refractivity contribution in [3.8, 4) is 11.5 Å². The Morgan fingerprint density at radius 3 is 2.76 bits per heavy atom. The van der Waals surface area contributed by atoms with E-state index in [4.69, 9.17) is 9.47 Å². The number of nitrogens with one attached hydrogen (secondary N) is 1. The quantitative estimate of drug-likeness (QED) is 0.832. The average molecular weight is 346 g/mol. The maximum Gasteiger partial charge on any atom is 0.325 e. The van der Waals surface area contributed by atoms with Crippen molar-refractivity contribution in [2.45, 2.75) is 51.6 Å². The van der Waals surface area contributed by atoms with Gasteiger partial charge in [-0.25, -0.2) is 4.79 Å². The molecule has 0 bridgehead atoms. The van der Waals surface area contributed by atoms with E-state index in [-0.39, 0.29) is 24.4 Å². The summed E-state index contributed by atoms with van der Waals surface area (Å²) < 4.78 is 10.9. The number of ether oxygens (including phenoxy) is 2. The van der Waals surface area contributed by atoms with E-state index in [0.717, 1.165) is 31.2 Å². The van der Waals surface area contributed by atoms with Crippen LogP contribution in [-0.4, -0.2) is 36.1 Å². The first-order chi connectivity index (χ1) is 12.0. The number of imide groups is 1. The smallest absolute Gasteiger partial charge is 0.325 e. The average Bonchev–Trinajstić information content (AvgIpc) is 2.83. The summed E-state index contributed by atoms with van der Waals surface area (Å²) in [5.74, 6) is 1.33. The number of hydrogen-bond donors (Lipinski definition) is 1. The summed E-state index contributed by atoms with van der Waals surface area (Å²) in [6.45, 7) is 4.71. The van der Waals surface area contributed by atoms with Crippen molar-refractivity contribution >= 4 is 11.9 Å². The van der Waals surface area contributed by atoms with Crippen molar-refractivity contribution in [1.29, 1.82) is 0 Å². The van der Waals surface area contributed by atoms with Crippen molar-refractivity contribution in [3.05, 3.63) is 23.8 Å². The third-order valence-electron chi connectivity index (χ3n) is 5.37. The molecule has 2 fully saturated rings. The van der Waals surface area contributed by atoms with E-state index < -0.39 is 5.54 Å². The van der Waals surface area contributed by atoms with Crippen molar-refractivity contribution < 1.29 is 19.1 Å². The molecular formula is C19H26N2O4. The first-order valence-electron chi connectivity index (χ1n) is 8.95. The first kappa shape index (κ1) is 17.6. The molecule has 1 aromatic carbocycles. The van der Waals surface area contributed by atoms with Gasteiger partial charge in [0.05, 0.1) is 20.3 Å². The van der Waals surface area contributed by atoms with E-state index in [1.807, 2.05) is 19.1 Å². The summed E-state index contributed by atoms with van der Waals surface area (Å²) >= 11 is 0. The Balaban J connectivity index is 1.82. The molecule has 1 N–H and O–H groups in total. The number of rotatable bonds is 5. The molecule has 6 nitrogen and oxygen atoms in total. The van der Waals surface area contributed by atoms with Crippen molar-refractivity contribution in [2.24, 2.45) is 5.92 Å². The third-order valence-corrected chi connectivity index (χ3v) is 5.37. The van der Waals surface area contributed by atoms with E-state index in [1.54, 1.807) is 13.2 Å². The molecule has 2 aliphatic rings. The second-order valence-corrected chi connectivity index (χ2v) is 6.86. The maximum atomic E-state index is 13.0. The Morgan fingerprint density at radius 2 is 2.08 bits per heavy atom. The van der Waals surface area contributed by atoms with E-state index in [1.165, 1.54) is 4.90 Å². The lowest BCUT2D eigenvalue weighted by Crippen LogP contribution is -2.53. The number of carbonyl (C=O) groups excluding carboxylic acids is 2. The highest BCUT2D eigenvalue weighted by Crippen LogP contribution is 2.39. The highest BCUT2D eigenvalue weighted by Gasteiger charge is 2.54. The minimum Gasteiger partial charge on any atom is -0.493 e. The molecule has 0 unspecified atom stereocenters. The summed E-state index contributed by atoms with van der Waals surface area (Å²) in [6, 6.07) is 5.19. The van der Waals surface area contributed by atoms with Gasteiger partial charge in [-0.15, -0.1) is 0 Å². The number of benzene rings is 1. The van der Waals surface area contributed by atoms with Gasteiger partial charge in [0.15, 0.2) is 11.5 Å². The van der Waals surface area contributed by atoms with Crippen LogP contribution in [0.2, 0.25) is 0 Å². The van der Waals surface area contributed by atoms with Gasteiger partial charge in [0.25, 0.3) is 5.91 Å². The van der Waals surface area contributed by atoms with Gasteiger partial charge in [0.2, 0.25) is 0 Å². The molecule has 1 heterocycles. The Bertz CT molecular complexity index is 675. The molecule has 3 rings (SSSR count). The van der Waals surface area contributed by atoms with E-state index >= 15 is 0 Å². The highest BCUT2D eigenvalue weighted by atomic mass is 16.5. The normalized spacial score (nSPS) is 26.0. The van der Waals surface area contributed by atoms with Crippen LogP contribution in [0.3, 0.4) is 0 Å². The zero-order valence-corrected chi connectivity index (χ0v) is 15.1. The number of methoxy groups -OCH3 is 1. The van der Waals surface area contributed by atoms with Gasteiger partial charge in [-0.05, 0) is 43.4 Å². The molecule has 1 aromatic rings. The van der Waals surface area contributed by atoms with Crippen LogP contribution in [0.5, 0.6) is 11.5 Å². The van der Waals surface area contributed by atoms with Gasteiger partial charge in [0, 0.05) is 0 Å². The Morgan fingerprint density at radius 1 is 1.28 bits per heavy atom. The van der Waals surface area contributed by atoms with Gasteiger partial charge >= 0.3 is 6.03 Å². The van der Waals surface area contributed by atoms with Crippen molar-refractivity contribution in [1.82, 2.24) is 10.2 Å².